The summed E-state index contributed by atoms with van der Waals surface area (Å²) in [5, 5.41) is 13.8. The second-order valence-electron chi connectivity index (χ2n) is 17.7. The fourth-order valence-electron chi connectivity index (χ4n) is 10.1. The topological polar surface area (TPSA) is 109 Å². The van der Waals surface area contributed by atoms with Crippen LogP contribution in [0.5, 0.6) is 0 Å². The third kappa shape index (κ3) is 10.5. The summed E-state index contributed by atoms with van der Waals surface area (Å²) in [4.78, 5) is 32.8. The van der Waals surface area contributed by atoms with Crippen molar-refractivity contribution in [3.63, 3.8) is 0 Å². The van der Waals surface area contributed by atoms with Gasteiger partial charge in [-0.1, -0.05) is 36.4 Å². The third-order valence-corrected chi connectivity index (χ3v) is 13.9. The Hall–Kier alpha value is -7.24. The lowest BCUT2D eigenvalue weighted by Crippen LogP contribution is -2.36. The number of anilines is 2. The lowest BCUT2D eigenvalue weighted by molar-refractivity contribution is 0.0949. The summed E-state index contributed by atoms with van der Waals surface area (Å²) in [5.41, 5.74) is 10.5. The molecule has 8 rings (SSSR count). The Morgan fingerprint density at radius 2 is 0.845 bits per heavy atom. The number of carbonyl (C=O) groups excluding carboxylic acids is 2. The van der Waals surface area contributed by atoms with Crippen molar-refractivity contribution in [2.75, 3.05) is 88.3 Å². The van der Waals surface area contributed by atoms with E-state index in [0.717, 1.165) is 141 Å². The smallest absolute Gasteiger partial charge is 0.251 e. The maximum absolute atomic E-state index is 14.1. The Bertz CT molecular complexity index is 3020. The first kappa shape index (κ1) is 50.2. The van der Waals surface area contributed by atoms with Crippen LogP contribution >= 0.6 is 0 Å². The molecule has 0 bridgehead atoms. The standard InChI is InChI=1S/C60H69N7O4/c1-9-64(10-2)41-25-29-49-53(37-41)70-54-38-42(65(11-3)12-4)26-30-50(54)57(49)45-21-17-19-23-47(45)59(68)62-35-33-61-34-36-63-60(69)48-24-20-18-22-46(48)58-51-31-27-43(66(13-5)14-6)39-55(51)71-56-40-44(28-32-52(56)58)67(15-7)16-8/h17-32,37-40,61H,9-16,33-36H2,1-8H3/p+2. The van der Waals surface area contributed by atoms with E-state index in [0.29, 0.717) is 37.3 Å². The predicted octanol–water partition coefficient (Wildman–Crippen LogP) is 9.79. The fourth-order valence-corrected chi connectivity index (χ4v) is 10.1. The number of hydrogen-bond acceptors (Lipinski definition) is 7. The van der Waals surface area contributed by atoms with Crippen LogP contribution in [0.2, 0.25) is 0 Å². The second kappa shape index (κ2) is 23.1. The fraction of sp³-hybridized carbons (Fsp3) is 0.333. The molecule has 0 unspecified atom stereocenters. The van der Waals surface area contributed by atoms with Gasteiger partial charge in [-0.3, -0.25) is 9.59 Å². The molecule has 2 aliphatic carbocycles. The van der Waals surface area contributed by atoms with Gasteiger partial charge in [-0.2, -0.15) is 0 Å². The van der Waals surface area contributed by atoms with Gasteiger partial charge < -0.3 is 34.6 Å². The van der Waals surface area contributed by atoms with Crippen LogP contribution in [0.3, 0.4) is 0 Å². The number of nitrogens with one attached hydrogen (secondary N) is 3. The number of nitrogens with zero attached hydrogens (tertiary/aromatic N) is 4. The maximum atomic E-state index is 14.1. The van der Waals surface area contributed by atoms with Gasteiger partial charge >= 0.3 is 0 Å². The third-order valence-electron chi connectivity index (χ3n) is 13.9. The normalized spacial score (nSPS) is 11.4. The highest BCUT2D eigenvalue weighted by Gasteiger charge is 2.25. The largest absolute Gasteiger partial charge is 0.456 e. The van der Waals surface area contributed by atoms with Crippen molar-refractivity contribution in [3.05, 3.63) is 143 Å². The van der Waals surface area contributed by atoms with E-state index >= 15 is 0 Å². The first-order chi connectivity index (χ1) is 34.7. The molecule has 0 saturated carbocycles. The zero-order chi connectivity index (χ0) is 50.0. The van der Waals surface area contributed by atoms with Gasteiger partial charge in [0.05, 0.1) is 12.1 Å². The van der Waals surface area contributed by atoms with Crippen molar-refractivity contribution in [1.82, 2.24) is 25.1 Å². The van der Waals surface area contributed by atoms with Crippen LogP contribution in [0.15, 0.2) is 130 Å². The molecule has 2 aliphatic heterocycles. The maximum Gasteiger partial charge on any atom is 0.251 e. The number of amides is 2. The quantitative estimate of drug-likeness (QED) is 0.0397. The van der Waals surface area contributed by atoms with E-state index < -0.39 is 0 Å². The van der Waals surface area contributed by atoms with E-state index in [4.69, 9.17) is 8.83 Å². The first-order valence-electron chi connectivity index (χ1n) is 25.8. The molecule has 2 heterocycles. The Morgan fingerprint density at radius 1 is 0.451 bits per heavy atom. The summed E-state index contributed by atoms with van der Waals surface area (Å²) in [6, 6.07) is 41.2. The molecule has 0 radical (unpaired) electrons. The number of benzene rings is 6. The monoisotopic (exact) mass is 954 g/mol. The van der Waals surface area contributed by atoms with Crippen LogP contribution < -0.4 is 45.6 Å². The van der Waals surface area contributed by atoms with Crippen LogP contribution in [0.25, 0.3) is 66.8 Å². The van der Waals surface area contributed by atoms with Crippen LogP contribution in [0.1, 0.15) is 76.1 Å². The van der Waals surface area contributed by atoms with Crippen molar-refractivity contribution in [1.29, 1.82) is 0 Å². The van der Waals surface area contributed by atoms with Gasteiger partial charge in [0.1, 0.15) is 48.9 Å². The average Bonchev–Trinajstić information content (AvgIpc) is 3.40. The molecule has 368 valence electrons. The van der Waals surface area contributed by atoms with Crippen LogP contribution in [0, 0.1) is 0 Å². The van der Waals surface area contributed by atoms with Crippen molar-refractivity contribution in [2.24, 2.45) is 0 Å². The zero-order valence-electron chi connectivity index (χ0n) is 43.0. The molecular weight excluding hydrogens is 883 g/mol. The molecule has 0 saturated heterocycles. The SMILES string of the molecule is CCN(CC)c1ccc2c(-c3ccccc3C(=O)NCCNCCNC(=O)c3ccccc3-c3c4ccc(=[N+](CC)CC)cc-4oc4cc(N(CC)CC)ccc34)c3ccc(=[N+](CC)CC)cc-3oc2c1. The van der Waals surface area contributed by atoms with E-state index in [9.17, 15) is 9.59 Å². The van der Waals surface area contributed by atoms with Crippen molar-refractivity contribution < 1.29 is 18.4 Å². The molecule has 0 spiro atoms. The molecule has 4 aromatic rings. The van der Waals surface area contributed by atoms with Crippen LogP contribution in [-0.2, 0) is 0 Å². The molecule has 71 heavy (non-hydrogen) atoms. The molecule has 11 heteroatoms. The van der Waals surface area contributed by atoms with Gasteiger partial charge in [-0.15, -0.1) is 0 Å². The summed E-state index contributed by atoms with van der Waals surface area (Å²) in [6.45, 7) is 26.2. The van der Waals surface area contributed by atoms with Crippen molar-refractivity contribution in [3.8, 4) is 44.9 Å². The minimum atomic E-state index is -0.156. The molecule has 3 N–H and O–H groups in total. The van der Waals surface area contributed by atoms with Gasteiger partial charge in [-0.05, 0) is 115 Å². The summed E-state index contributed by atoms with van der Waals surface area (Å²) >= 11 is 0. The van der Waals surface area contributed by atoms with E-state index in [1.165, 1.54) is 0 Å². The highest BCUT2D eigenvalue weighted by molar-refractivity contribution is 6.11. The van der Waals surface area contributed by atoms with Crippen molar-refractivity contribution in [2.45, 2.75) is 55.4 Å². The summed E-state index contributed by atoms with van der Waals surface area (Å²) in [7, 11) is 0. The zero-order valence-corrected chi connectivity index (χ0v) is 43.0. The van der Waals surface area contributed by atoms with Gasteiger partial charge in [0.25, 0.3) is 11.8 Å². The average molecular weight is 954 g/mol. The second-order valence-corrected chi connectivity index (χ2v) is 17.7. The predicted molar refractivity (Wildman–Crippen MR) is 294 cm³/mol. The number of fused-ring (bicyclic) bond motifs is 4. The Kier molecular flexibility index (Phi) is 16.3. The van der Waals surface area contributed by atoms with Crippen LogP contribution in [0.4, 0.5) is 11.4 Å². The molecule has 2 amide bonds. The molecule has 11 nitrogen and oxygen atoms in total. The molecule has 0 atom stereocenters. The summed E-state index contributed by atoms with van der Waals surface area (Å²) < 4.78 is 18.0. The van der Waals surface area contributed by atoms with E-state index in [-0.39, 0.29) is 11.8 Å². The number of hydrogen-bond donors (Lipinski definition) is 3. The lowest BCUT2D eigenvalue weighted by atomic mass is 9.90. The molecule has 0 aromatic heterocycles. The number of rotatable bonds is 20. The lowest BCUT2D eigenvalue weighted by Gasteiger charge is -2.23. The highest BCUT2D eigenvalue weighted by atomic mass is 16.3. The minimum Gasteiger partial charge on any atom is -0.456 e. The molecular formula is C60H71N7O4+2. The van der Waals surface area contributed by atoms with Gasteiger partial charge in [-0.25, -0.2) is 9.15 Å². The van der Waals surface area contributed by atoms with Gasteiger partial charge in [0.2, 0.25) is 10.7 Å². The molecule has 0 fully saturated rings. The van der Waals surface area contributed by atoms with Gasteiger partial charge in [0, 0.05) is 132 Å². The Morgan fingerprint density at radius 3 is 1.23 bits per heavy atom. The molecule has 4 aliphatic rings. The summed E-state index contributed by atoms with van der Waals surface area (Å²) in [5.74, 6) is 1.23. The van der Waals surface area contributed by atoms with Crippen molar-refractivity contribution >= 4 is 45.1 Å². The highest BCUT2D eigenvalue weighted by Crippen LogP contribution is 2.44. The Labute approximate surface area is 418 Å². The van der Waals surface area contributed by atoms with E-state index in [2.05, 4.69) is 163 Å². The van der Waals surface area contributed by atoms with Gasteiger partial charge in [0.15, 0.2) is 0 Å². The minimum absolute atomic E-state index is 0.156. The van der Waals surface area contributed by atoms with E-state index in [1.54, 1.807) is 0 Å². The number of carbonyl (C=O) groups is 2. The Balaban J connectivity index is 0.982. The summed E-state index contributed by atoms with van der Waals surface area (Å²) in [6.07, 6.45) is 0. The first-order valence-corrected chi connectivity index (χ1v) is 25.8. The molecule has 4 aromatic carbocycles. The van der Waals surface area contributed by atoms with Crippen LogP contribution in [-0.4, -0.2) is 90.4 Å². The van der Waals surface area contributed by atoms with E-state index in [1.807, 2.05) is 48.5 Å².